The highest BCUT2D eigenvalue weighted by Crippen LogP contribution is 2.29. The maximum atomic E-state index is 5.46. The molecule has 82 valence electrons. The molecule has 2 rings (SSSR count). The van der Waals surface area contributed by atoms with Crippen LogP contribution in [0.2, 0.25) is 0 Å². The van der Waals surface area contributed by atoms with Gasteiger partial charge in [-0.1, -0.05) is 0 Å². The molecule has 0 N–H and O–H groups in total. The topological polar surface area (TPSA) is 18.5 Å². The average Bonchev–Trinajstić information content (AvgIpc) is 2.71. The Balaban J connectivity index is 1.87. The molecule has 1 aromatic carbocycles. The van der Waals surface area contributed by atoms with Gasteiger partial charge in [0.05, 0.1) is 13.2 Å². The first-order valence-corrected chi connectivity index (χ1v) is 6.35. The van der Waals surface area contributed by atoms with E-state index in [1.807, 2.05) is 18.7 Å². The number of hydrogen-bond donors (Lipinski definition) is 0. The second kappa shape index (κ2) is 5.42. The monoisotopic (exact) mass is 224 g/mol. The van der Waals surface area contributed by atoms with E-state index in [-0.39, 0.29) is 0 Å². The summed E-state index contributed by atoms with van der Waals surface area (Å²) < 4.78 is 10.8. The molecule has 0 unspecified atom stereocenters. The second-order valence-corrected chi connectivity index (χ2v) is 4.58. The molecule has 1 aromatic rings. The van der Waals surface area contributed by atoms with Crippen molar-refractivity contribution < 1.29 is 9.47 Å². The molecule has 0 amide bonds. The third kappa shape index (κ3) is 2.89. The largest absolute Gasteiger partial charge is 0.493 e. The van der Waals surface area contributed by atoms with Crippen molar-refractivity contribution in [2.24, 2.45) is 0 Å². The summed E-state index contributed by atoms with van der Waals surface area (Å²) in [7, 11) is 0. The number of thioether (sulfide) groups is 1. The summed E-state index contributed by atoms with van der Waals surface area (Å²) in [6, 6.07) is 6.44. The Bertz CT molecular complexity index is 325. The van der Waals surface area contributed by atoms with E-state index in [0.29, 0.717) is 0 Å². The molecule has 15 heavy (non-hydrogen) atoms. The third-order valence-electron chi connectivity index (χ3n) is 2.36. The van der Waals surface area contributed by atoms with Crippen molar-refractivity contribution in [1.82, 2.24) is 0 Å². The molecule has 1 aliphatic rings. The molecule has 3 heteroatoms. The van der Waals surface area contributed by atoms with Crippen LogP contribution in [0.1, 0.15) is 12.5 Å². The van der Waals surface area contributed by atoms with Crippen molar-refractivity contribution in [3.8, 4) is 5.75 Å². The summed E-state index contributed by atoms with van der Waals surface area (Å²) >= 11 is 1.85. The van der Waals surface area contributed by atoms with Crippen LogP contribution in [-0.2, 0) is 11.2 Å². The average molecular weight is 224 g/mol. The summed E-state index contributed by atoms with van der Waals surface area (Å²) in [4.78, 5) is 1.32. The lowest BCUT2D eigenvalue weighted by atomic mass is 10.2. The highest BCUT2D eigenvalue weighted by Gasteiger charge is 2.11. The van der Waals surface area contributed by atoms with E-state index in [1.54, 1.807) is 0 Å². The zero-order valence-electron chi connectivity index (χ0n) is 8.99. The number of rotatable bonds is 5. The molecule has 0 spiro atoms. The maximum absolute atomic E-state index is 5.46. The van der Waals surface area contributed by atoms with Gasteiger partial charge in [-0.25, -0.2) is 0 Å². The summed E-state index contributed by atoms with van der Waals surface area (Å²) in [6.07, 6.45) is 1.05. The van der Waals surface area contributed by atoms with Gasteiger partial charge in [0.1, 0.15) is 5.75 Å². The van der Waals surface area contributed by atoms with Gasteiger partial charge in [0, 0.05) is 23.7 Å². The molecule has 0 aromatic heterocycles. The molecule has 0 saturated heterocycles. The van der Waals surface area contributed by atoms with Gasteiger partial charge in [0.15, 0.2) is 0 Å². The van der Waals surface area contributed by atoms with E-state index in [0.717, 1.165) is 37.7 Å². The minimum absolute atomic E-state index is 0.804. The molecular formula is C12H16O2S. The predicted molar refractivity (Wildman–Crippen MR) is 62.9 cm³/mol. The van der Waals surface area contributed by atoms with Gasteiger partial charge < -0.3 is 9.47 Å². The van der Waals surface area contributed by atoms with Crippen molar-refractivity contribution in [3.63, 3.8) is 0 Å². The Hall–Kier alpha value is -0.670. The quantitative estimate of drug-likeness (QED) is 0.566. The van der Waals surface area contributed by atoms with Gasteiger partial charge in [0.2, 0.25) is 0 Å². The van der Waals surface area contributed by atoms with Gasteiger partial charge in [-0.3, -0.25) is 0 Å². The van der Waals surface area contributed by atoms with Crippen LogP contribution >= 0.6 is 11.8 Å². The SMILES string of the molecule is CCOCCSc1ccc2c(c1)CCO2. The van der Waals surface area contributed by atoms with Crippen LogP contribution in [0, 0.1) is 0 Å². The van der Waals surface area contributed by atoms with E-state index < -0.39 is 0 Å². The van der Waals surface area contributed by atoms with E-state index in [1.165, 1.54) is 10.5 Å². The summed E-state index contributed by atoms with van der Waals surface area (Å²) in [6.45, 7) is 4.49. The fourth-order valence-corrected chi connectivity index (χ4v) is 2.44. The molecule has 1 aliphatic heterocycles. The smallest absolute Gasteiger partial charge is 0.122 e. The summed E-state index contributed by atoms with van der Waals surface area (Å²) in [5.74, 6) is 2.08. The molecule has 0 bridgehead atoms. The van der Waals surface area contributed by atoms with Crippen LogP contribution in [0.4, 0.5) is 0 Å². The lowest BCUT2D eigenvalue weighted by Gasteiger charge is -2.04. The van der Waals surface area contributed by atoms with Crippen molar-refractivity contribution in [1.29, 1.82) is 0 Å². The standard InChI is InChI=1S/C12H16O2S/c1-2-13-7-8-15-11-3-4-12-10(9-11)5-6-14-12/h3-4,9H,2,5-8H2,1H3. The number of fused-ring (bicyclic) bond motifs is 1. The van der Waals surface area contributed by atoms with E-state index in [9.17, 15) is 0 Å². The Morgan fingerprint density at radius 1 is 1.47 bits per heavy atom. The lowest BCUT2D eigenvalue weighted by Crippen LogP contribution is -1.95. The van der Waals surface area contributed by atoms with E-state index >= 15 is 0 Å². The second-order valence-electron chi connectivity index (χ2n) is 3.41. The Morgan fingerprint density at radius 2 is 2.40 bits per heavy atom. The Labute approximate surface area is 95.0 Å². The zero-order valence-corrected chi connectivity index (χ0v) is 9.81. The molecule has 1 heterocycles. The van der Waals surface area contributed by atoms with Gasteiger partial charge in [-0.15, -0.1) is 11.8 Å². The highest BCUT2D eigenvalue weighted by atomic mass is 32.2. The molecule has 0 fully saturated rings. The van der Waals surface area contributed by atoms with Crippen LogP contribution < -0.4 is 4.74 Å². The van der Waals surface area contributed by atoms with Crippen molar-refractivity contribution in [2.75, 3.05) is 25.6 Å². The molecular weight excluding hydrogens is 208 g/mol. The van der Waals surface area contributed by atoms with Crippen LogP contribution in [0.15, 0.2) is 23.1 Å². The van der Waals surface area contributed by atoms with Crippen LogP contribution in [-0.4, -0.2) is 25.6 Å². The van der Waals surface area contributed by atoms with E-state index in [4.69, 9.17) is 9.47 Å². The minimum atomic E-state index is 0.804. The van der Waals surface area contributed by atoms with Crippen LogP contribution in [0.5, 0.6) is 5.75 Å². The molecule has 0 saturated carbocycles. The fraction of sp³-hybridized carbons (Fsp3) is 0.500. The highest BCUT2D eigenvalue weighted by molar-refractivity contribution is 7.99. The first-order valence-electron chi connectivity index (χ1n) is 5.36. The Morgan fingerprint density at radius 3 is 3.27 bits per heavy atom. The van der Waals surface area contributed by atoms with E-state index in [2.05, 4.69) is 18.2 Å². The molecule has 0 radical (unpaired) electrons. The van der Waals surface area contributed by atoms with Gasteiger partial charge in [-0.05, 0) is 30.7 Å². The number of benzene rings is 1. The maximum Gasteiger partial charge on any atom is 0.122 e. The van der Waals surface area contributed by atoms with Crippen molar-refractivity contribution in [3.05, 3.63) is 23.8 Å². The molecule has 0 aliphatic carbocycles. The third-order valence-corrected chi connectivity index (χ3v) is 3.32. The fourth-order valence-electron chi connectivity index (χ4n) is 1.62. The van der Waals surface area contributed by atoms with Gasteiger partial charge in [-0.2, -0.15) is 0 Å². The van der Waals surface area contributed by atoms with Crippen LogP contribution in [0.3, 0.4) is 0 Å². The van der Waals surface area contributed by atoms with Crippen molar-refractivity contribution >= 4 is 11.8 Å². The predicted octanol–water partition coefficient (Wildman–Crippen LogP) is 2.75. The van der Waals surface area contributed by atoms with Gasteiger partial charge >= 0.3 is 0 Å². The first-order chi connectivity index (χ1) is 7.40. The van der Waals surface area contributed by atoms with Crippen LogP contribution in [0.25, 0.3) is 0 Å². The normalized spacial score (nSPS) is 13.7. The minimum Gasteiger partial charge on any atom is -0.493 e. The zero-order chi connectivity index (χ0) is 10.5. The first kappa shape index (κ1) is 10.8. The lowest BCUT2D eigenvalue weighted by molar-refractivity contribution is 0.164. The summed E-state index contributed by atoms with van der Waals surface area (Å²) in [5, 5.41) is 0. The number of ether oxygens (including phenoxy) is 2. The van der Waals surface area contributed by atoms with Crippen molar-refractivity contribution in [2.45, 2.75) is 18.2 Å². The summed E-state index contributed by atoms with van der Waals surface area (Å²) in [5.41, 5.74) is 1.34. The number of hydrogen-bond acceptors (Lipinski definition) is 3. The molecule has 0 atom stereocenters. The Kier molecular flexibility index (Phi) is 3.92. The van der Waals surface area contributed by atoms with Gasteiger partial charge in [0.25, 0.3) is 0 Å². The molecule has 2 nitrogen and oxygen atoms in total.